The predicted molar refractivity (Wildman–Crippen MR) is 83.9 cm³/mol. The number of rotatable bonds is 8. The Balaban J connectivity index is 1.99. The highest BCUT2D eigenvalue weighted by molar-refractivity contribution is 5.43. The summed E-state index contributed by atoms with van der Waals surface area (Å²) in [5, 5.41) is 13.8. The van der Waals surface area contributed by atoms with Crippen LogP contribution in [0.2, 0.25) is 0 Å². The third-order valence-corrected chi connectivity index (χ3v) is 4.01. The first-order valence-corrected chi connectivity index (χ1v) is 7.90. The summed E-state index contributed by atoms with van der Waals surface area (Å²) < 4.78 is 11.2. The third kappa shape index (κ3) is 4.61. The fraction of sp³-hybridized carbons (Fsp3) is 0.647. The second-order valence-electron chi connectivity index (χ2n) is 5.88. The molecule has 0 heterocycles. The Kier molecular flexibility index (Phi) is 5.88. The van der Waals surface area contributed by atoms with Crippen LogP contribution in [-0.4, -0.2) is 31.0 Å². The number of benzene rings is 1. The SMILES string of the molecule is CCCNCc1ccc(OC)c(OCC2(O)CCCC2)c1. The topological polar surface area (TPSA) is 50.7 Å². The minimum absolute atomic E-state index is 0.342. The maximum atomic E-state index is 10.4. The van der Waals surface area contributed by atoms with Gasteiger partial charge in [0, 0.05) is 6.54 Å². The molecule has 0 aromatic heterocycles. The minimum atomic E-state index is -0.665. The van der Waals surface area contributed by atoms with E-state index in [-0.39, 0.29) is 0 Å². The summed E-state index contributed by atoms with van der Waals surface area (Å²) in [6.07, 6.45) is 4.93. The van der Waals surface area contributed by atoms with Gasteiger partial charge in [-0.25, -0.2) is 0 Å². The summed E-state index contributed by atoms with van der Waals surface area (Å²) in [5.74, 6) is 1.43. The van der Waals surface area contributed by atoms with Gasteiger partial charge >= 0.3 is 0 Å². The van der Waals surface area contributed by atoms with Crippen molar-refractivity contribution < 1.29 is 14.6 Å². The average molecular weight is 293 g/mol. The molecule has 0 radical (unpaired) electrons. The standard InChI is InChI=1S/C17H27NO3/c1-3-10-18-12-14-6-7-15(20-2)16(11-14)21-13-17(19)8-4-5-9-17/h6-7,11,18-19H,3-5,8-10,12-13H2,1-2H3. The van der Waals surface area contributed by atoms with E-state index in [0.717, 1.165) is 56.5 Å². The first kappa shape index (κ1) is 16.1. The summed E-state index contributed by atoms with van der Waals surface area (Å²) in [7, 11) is 1.64. The van der Waals surface area contributed by atoms with Crippen molar-refractivity contribution in [3.63, 3.8) is 0 Å². The van der Waals surface area contributed by atoms with Gasteiger partial charge in [0.25, 0.3) is 0 Å². The highest BCUT2D eigenvalue weighted by Crippen LogP contribution is 2.33. The molecule has 1 aromatic carbocycles. The Morgan fingerprint density at radius 1 is 1.24 bits per heavy atom. The third-order valence-electron chi connectivity index (χ3n) is 4.01. The summed E-state index contributed by atoms with van der Waals surface area (Å²) in [4.78, 5) is 0. The number of nitrogens with one attached hydrogen (secondary N) is 1. The minimum Gasteiger partial charge on any atom is -0.493 e. The van der Waals surface area contributed by atoms with Crippen molar-refractivity contribution in [1.29, 1.82) is 0 Å². The molecule has 1 aliphatic carbocycles. The monoisotopic (exact) mass is 293 g/mol. The molecule has 2 N–H and O–H groups in total. The van der Waals surface area contributed by atoms with Crippen molar-refractivity contribution in [2.24, 2.45) is 0 Å². The van der Waals surface area contributed by atoms with Gasteiger partial charge in [-0.15, -0.1) is 0 Å². The molecule has 21 heavy (non-hydrogen) atoms. The number of ether oxygens (including phenoxy) is 2. The van der Waals surface area contributed by atoms with Gasteiger partial charge in [-0.05, 0) is 43.5 Å². The zero-order chi connectivity index (χ0) is 15.1. The molecule has 1 aromatic rings. The van der Waals surface area contributed by atoms with Gasteiger partial charge in [0.2, 0.25) is 0 Å². The van der Waals surface area contributed by atoms with Crippen molar-refractivity contribution in [3.8, 4) is 11.5 Å². The molecule has 2 rings (SSSR count). The maximum Gasteiger partial charge on any atom is 0.161 e. The second kappa shape index (κ2) is 7.66. The predicted octanol–water partition coefficient (Wildman–Crippen LogP) is 2.88. The fourth-order valence-electron chi connectivity index (χ4n) is 2.74. The molecule has 0 amide bonds. The van der Waals surface area contributed by atoms with Gasteiger partial charge in [-0.1, -0.05) is 25.8 Å². The van der Waals surface area contributed by atoms with Gasteiger partial charge in [0.15, 0.2) is 11.5 Å². The molecule has 0 bridgehead atoms. The highest BCUT2D eigenvalue weighted by Gasteiger charge is 2.32. The molecule has 0 atom stereocenters. The van der Waals surface area contributed by atoms with Crippen LogP contribution in [0.25, 0.3) is 0 Å². The zero-order valence-corrected chi connectivity index (χ0v) is 13.2. The lowest BCUT2D eigenvalue weighted by Crippen LogP contribution is -2.32. The molecule has 4 heteroatoms. The lowest BCUT2D eigenvalue weighted by Gasteiger charge is -2.23. The van der Waals surface area contributed by atoms with Crippen LogP contribution in [0.5, 0.6) is 11.5 Å². The Hall–Kier alpha value is -1.26. The van der Waals surface area contributed by atoms with Crippen molar-refractivity contribution in [3.05, 3.63) is 23.8 Å². The van der Waals surface area contributed by atoms with Crippen LogP contribution in [0.15, 0.2) is 18.2 Å². The van der Waals surface area contributed by atoms with Crippen LogP contribution in [-0.2, 0) is 6.54 Å². The number of hydrogen-bond donors (Lipinski definition) is 2. The van der Waals surface area contributed by atoms with Crippen LogP contribution in [0, 0.1) is 0 Å². The van der Waals surface area contributed by atoms with Crippen molar-refractivity contribution >= 4 is 0 Å². The molecule has 1 saturated carbocycles. The van der Waals surface area contributed by atoms with Crippen LogP contribution in [0.3, 0.4) is 0 Å². The van der Waals surface area contributed by atoms with Gasteiger partial charge in [-0.3, -0.25) is 0 Å². The number of methoxy groups -OCH3 is 1. The molecule has 1 aliphatic rings. The Bertz CT molecular complexity index is 442. The van der Waals surface area contributed by atoms with Crippen LogP contribution in [0.4, 0.5) is 0 Å². The molecular formula is C17H27NO3. The lowest BCUT2D eigenvalue weighted by molar-refractivity contribution is 0.000709. The van der Waals surface area contributed by atoms with E-state index in [2.05, 4.69) is 12.2 Å². The average Bonchev–Trinajstić information content (AvgIpc) is 2.93. The van der Waals surface area contributed by atoms with Crippen LogP contribution < -0.4 is 14.8 Å². The van der Waals surface area contributed by atoms with E-state index in [1.807, 2.05) is 18.2 Å². The van der Waals surface area contributed by atoms with E-state index in [1.54, 1.807) is 7.11 Å². The van der Waals surface area contributed by atoms with Gasteiger partial charge < -0.3 is 19.9 Å². The van der Waals surface area contributed by atoms with E-state index in [9.17, 15) is 5.11 Å². The first-order chi connectivity index (χ1) is 10.2. The second-order valence-corrected chi connectivity index (χ2v) is 5.88. The van der Waals surface area contributed by atoms with E-state index < -0.39 is 5.60 Å². The van der Waals surface area contributed by atoms with E-state index in [0.29, 0.717) is 12.4 Å². The molecule has 0 aliphatic heterocycles. The van der Waals surface area contributed by atoms with E-state index >= 15 is 0 Å². The van der Waals surface area contributed by atoms with E-state index in [1.165, 1.54) is 0 Å². The zero-order valence-electron chi connectivity index (χ0n) is 13.2. The molecular weight excluding hydrogens is 266 g/mol. The first-order valence-electron chi connectivity index (χ1n) is 7.90. The maximum absolute atomic E-state index is 10.4. The van der Waals surface area contributed by atoms with Crippen molar-refractivity contribution in [2.75, 3.05) is 20.3 Å². The van der Waals surface area contributed by atoms with Gasteiger partial charge in [0.1, 0.15) is 6.61 Å². The number of aliphatic hydroxyl groups is 1. The summed E-state index contributed by atoms with van der Waals surface area (Å²) in [5.41, 5.74) is 0.499. The van der Waals surface area contributed by atoms with Crippen molar-refractivity contribution in [2.45, 2.75) is 51.2 Å². The van der Waals surface area contributed by atoms with Gasteiger partial charge in [-0.2, -0.15) is 0 Å². The largest absolute Gasteiger partial charge is 0.493 e. The molecule has 118 valence electrons. The number of hydrogen-bond acceptors (Lipinski definition) is 4. The lowest BCUT2D eigenvalue weighted by atomic mass is 10.0. The highest BCUT2D eigenvalue weighted by atomic mass is 16.5. The Morgan fingerprint density at radius 2 is 2.00 bits per heavy atom. The molecule has 4 nitrogen and oxygen atoms in total. The molecule has 0 unspecified atom stereocenters. The normalized spacial score (nSPS) is 16.9. The Labute approximate surface area is 127 Å². The quantitative estimate of drug-likeness (QED) is 0.724. The summed E-state index contributed by atoms with van der Waals surface area (Å²) >= 11 is 0. The Morgan fingerprint density at radius 3 is 2.67 bits per heavy atom. The smallest absolute Gasteiger partial charge is 0.161 e. The summed E-state index contributed by atoms with van der Waals surface area (Å²) in [6.45, 7) is 4.31. The molecule has 0 saturated heterocycles. The van der Waals surface area contributed by atoms with Crippen molar-refractivity contribution in [1.82, 2.24) is 5.32 Å². The molecule has 0 spiro atoms. The van der Waals surface area contributed by atoms with E-state index in [4.69, 9.17) is 9.47 Å². The molecule has 1 fully saturated rings. The van der Waals surface area contributed by atoms with Gasteiger partial charge in [0.05, 0.1) is 12.7 Å². The summed E-state index contributed by atoms with van der Waals surface area (Å²) in [6, 6.07) is 5.97. The van der Waals surface area contributed by atoms with Crippen LogP contribution >= 0.6 is 0 Å². The van der Waals surface area contributed by atoms with Crippen LogP contribution in [0.1, 0.15) is 44.6 Å². The fourth-order valence-corrected chi connectivity index (χ4v) is 2.74.